The molecule has 0 radical (unpaired) electrons. The molecular weight excluding hydrogens is 228 g/mol. The number of aryl methyl sites for hydroxylation is 1. The normalized spacial score (nSPS) is 25.4. The Morgan fingerprint density at radius 1 is 1.47 bits per heavy atom. The summed E-state index contributed by atoms with van der Waals surface area (Å²) in [5.74, 6) is 0. The Balaban J connectivity index is 1.96. The summed E-state index contributed by atoms with van der Waals surface area (Å²) in [7, 11) is 0. The van der Waals surface area contributed by atoms with Crippen LogP contribution in [0.3, 0.4) is 0 Å². The van der Waals surface area contributed by atoms with Crippen molar-refractivity contribution >= 4 is 11.3 Å². The van der Waals surface area contributed by atoms with E-state index in [4.69, 9.17) is 5.73 Å². The van der Waals surface area contributed by atoms with Crippen molar-refractivity contribution in [3.63, 3.8) is 0 Å². The van der Waals surface area contributed by atoms with E-state index in [2.05, 4.69) is 37.5 Å². The summed E-state index contributed by atoms with van der Waals surface area (Å²) in [6.07, 6.45) is 3.69. The Morgan fingerprint density at radius 2 is 2.24 bits per heavy atom. The highest BCUT2D eigenvalue weighted by molar-refractivity contribution is 7.10. The molecule has 0 spiro atoms. The lowest BCUT2D eigenvalue weighted by Gasteiger charge is -2.28. The van der Waals surface area contributed by atoms with Crippen LogP contribution >= 0.6 is 11.3 Å². The predicted molar refractivity (Wildman–Crippen MR) is 75.7 cm³/mol. The second-order valence-electron chi connectivity index (χ2n) is 5.90. The summed E-state index contributed by atoms with van der Waals surface area (Å²) >= 11 is 1.87. The van der Waals surface area contributed by atoms with Crippen LogP contribution in [0.15, 0.2) is 11.4 Å². The van der Waals surface area contributed by atoms with Crippen molar-refractivity contribution in [1.82, 2.24) is 5.32 Å². The number of hydrogen-bond donors (Lipinski definition) is 2. The van der Waals surface area contributed by atoms with Crippen LogP contribution < -0.4 is 11.1 Å². The maximum absolute atomic E-state index is 6.10. The molecule has 3 heteroatoms. The quantitative estimate of drug-likeness (QED) is 0.865. The van der Waals surface area contributed by atoms with Gasteiger partial charge in [-0.3, -0.25) is 0 Å². The third-order valence-corrected chi connectivity index (χ3v) is 5.23. The first-order valence-electron chi connectivity index (χ1n) is 6.54. The van der Waals surface area contributed by atoms with E-state index >= 15 is 0 Å². The molecule has 1 aromatic rings. The molecule has 1 aliphatic rings. The van der Waals surface area contributed by atoms with Gasteiger partial charge in [0.25, 0.3) is 0 Å². The van der Waals surface area contributed by atoms with Crippen molar-refractivity contribution in [2.24, 2.45) is 5.73 Å². The molecule has 2 nitrogen and oxygen atoms in total. The summed E-state index contributed by atoms with van der Waals surface area (Å²) < 4.78 is 0. The molecule has 0 aromatic carbocycles. The van der Waals surface area contributed by atoms with Gasteiger partial charge in [0.1, 0.15) is 0 Å². The van der Waals surface area contributed by atoms with Gasteiger partial charge in [-0.15, -0.1) is 11.3 Å². The van der Waals surface area contributed by atoms with Gasteiger partial charge in [0.2, 0.25) is 0 Å². The largest absolute Gasteiger partial charge is 0.326 e. The van der Waals surface area contributed by atoms with Gasteiger partial charge in [-0.2, -0.15) is 0 Å². The number of thiophene rings is 1. The molecule has 1 saturated carbocycles. The third kappa shape index (κ3) is 2.90. The Kier molecular flexibility index (Phi) is 3.91. The van der Waals surface area contributed by atoms with Crippen LogP contribution in [0.4, 0.5) is 0 Å². The van der Waals surface area contributed by atoms with E-state index in [1.807, 2.05) is 11.3 Å². The Morgan fingerprint density at radius 3 is 2.76 bits per heavy atom. The van der Waals surface area contributed by atoms with E-state index in [1.165, 1.54) is 29.7 Å². The van der Waals surface area contributed by atoms with Crippen LogP contribution in [0.25, 0.3) is 0 Å². The summed E-state index contributed by atoms with van der Waals surface area (Å²) in [4.78, 5) is 1.50. The topological polar surface area (TPSA) is 38.0 Å². The highest BCUT2D eigenvalue weighted by Crippen LogP contribution is 2.31. The summed E-state index contributed by atoms with van der Waals surface area (Å²) in [5.41, 5.74) is 7.72. The van der Waals surface area contributed by atoms with Gasteiger partial charge < -0.3 is 11.1 Å². The highest BCUT2D eigenvalue weighted by atomic mass is 32.1. The van der Waals surface area contributed by atoms with Crippen molar-refractivity contribution in [3.8, 4) is 0 Å². The molecule has 0 saturated heterocycles. The molecule has 0 aliphatic heterocycles. The third-order valence-electron chi connectivity index (χ3n) is 3.85. The molecule has 1 aliphatic carbocycles. The fourth-order valence-electron chi connectivity index (χ4n) is 2.77. The summed E-state index contributed by atoms with van der Waals surface area (Å²) in [6, 6.07) is 3.09. The predicted octanol–water partition coefficient (Wildman–Crippen LogP) is 2.80. The standard InChI is InChI=1S/C14H24N2S/c1-10-7-8-17-13(10)14(2,3)9-16-12-6-4-5-11(12)15/h7-8,11-12,16H,4-6,9,15H2,1-3H3. The molecule has 17 heavy (non-hydrogen) atoms. The minimum absolute atomic E-state index is 0.209. The second-order valence-corrected chi connectivity index (χ2v) is 6.81. The lowest BCUT2D eigenvalue weighted by Crippen LogP contribution is -2.45. The second kappa shape index (κ2) is 5.09. The van der Waals surface area contributed by atoms with Crippen LogP contribution in [-0.2, 0) is 5.41 Å². The molecule has 1 fully saturated rings. The van der Waals surface area contributed by atoms with E-state index in [-0.39, 0.29) is 5.41 Å². The van der Waals surface area contributed by atoms with Crippen molar-refractivity contribution in [1.29, 1.82) is 0 Å². The zero-order valence-corrected chi connectivity index (χ0v) is 11.9. The Labute approximate surface area is 109 Å². The minimum atomic E-state index is 0.209. The first-order chi connectivity index (χ1) is 8.00. The monoisotopic (exact) mass is 252 g/mol. The van der Waals surface area contributed by atoms with Crippen LogP contribution in [0.2, 0.25) is 0 Å². The van der Waals surface area contributed by atoms with Gasteiger partial charge in [-0.25, -0.2) is 0 Å². The molecule has 0 amide bonds. The van der Waals surface area contributed by atoms with Crippen LogP contribution in [0, 0.1) is 6.92 Å². The molecular formula is C14H24N2S. The van der Waals surface area contributed by atoms with E-state index in [0.29, 0.717) is 12.1 Å². The first kappa shape index (κ1) is 13.1. The van der Waals surface area contributed by atoms with Crippen LogP contribution in [0.5, 0.6) is 0 Å². The van der Waals surface area contributed by atoms with Gasteiger partial charge in [-0.1, -0.05) is 20.3 Å². The van der Waals surface area contributed by atoms with Gasteiger partial charge in [0, 0.05) is 28.9 Å². The zero-order chi connectivity index (χ0) is 12.5. The maximum atomic E-state index is 6.10. The van der Waals surface area contributed by atoms with Gasteiger partial charge in [0.15, 0.2) is 0 Å². The highest BCUT2D eigenvalue weighted by Gasteiger charge is 2.28. The molecule has 3 N–H and O–H groups in total. The zero-order valence-electron chi connectivity index (χ0n) is 11.1. The summed E-state index contributed by atoms with van der Waals surface area (Å²) in [6.45, 7) is 7.86. The molecule has 2 rings (SSSR count). The van der Waals surface area contributed by atoms with Crippen molar-refractivity contribution in [2.45, 2.75) is 57.5 Å². The van der Waals surface area contributed by atoms with E-state index in [1.54, 1.807) is 0 Å². The SMILES string of the molecule is Cc1ccsc1C(C)(C)CNC1CCCC1N. The molecule has 2 atom stereocenters. The van der Waals surface area contributed by atoms with E-state index < -0.39 is 0 Å². The lowest BCUT2D eigenvalue weighted by atomic mass is 9.89. The smallest absolute Gasteiger partial charge is 0.0219 e. The summed E-state index contributed by atoms with van der Waals surface area (Å²) in [5, 5.41) is 5.86. The Bertz CT molecular complexity index is 370. The molecule has 2 unspecified atom stereocenters. The number of rotatable bonds is 4. The average Bonchev–Trinajstić information content (AvgIpc) is 2.85. The van der Waals surface area contributed by atoms with Crippen molar-refractivity contribution in [2.75, 3.05) is 6.54 Å². The van der Waals surface area contributed by atoms with Gasteiger partial charge in [-0.05, 0) is 36.8 Å². The number of nitrogens with two attached hydrogens (primary N) is 1. The average molecular weight is 252 g/mol. The maximum Gasteiger partial charge on any atom is 0.0219 e. The number of hydrogen-bond acceptors (Lipinski definition) is 3. The minimum Gasteiger partial charge on any atom is -0.326 e. The number of nitrogens with one attached hydrogen (secondary N) is 1. The Hall–Kier alpha value is -0.380. The van der Waals surface area contributed by atoms with Crippen molar-refractivity contribution in [3.05, 3.63) is 21.9 Å². The van der Waals surface area contributed by atoms with Gasteiger partial charge in [0.05, 0.1) is 0 Å². The van der Waals surface area contributed by atoms with Crippen LogP contribution in [0.1, 0.15) is 43.6 Å². The van der Waals surface area contributed by atoms with Gasteiger partial charge >= 0.3 is 0 Å². The van der Waals surface area contributed by atoms with E-state index in [0.717, 1.165) is 6.54 Å². The lowest BCUT2D eigenvalue weighted by molar-refractivity contribution is 0.403. The first-order valence-corrected chi connectivity index (χ1v) is 7.42. The fraction of sp³-hybridized carbons (Fsp3) is 0.714. The van der Waals surface area contributed by atoms with Crippen molar-refractivity contribution < 1.29 is 0 Å². The molecule has 1 heterocycles. The van der Waals surface area contributed by atoms with Crippen LogP contribution in [-0.4, -0.2) is 18.6 Å². The molecule has 0 bridgehead atoms. The van der Waals surface area contributed by atoms with E-state index in [9.17, 15) is 0 Å². The molecule has 96 valence electrons. The molecule has 1 aromatic heterocycles. The fourth-order valence-corrected chi connectivity index (χ4v) is 3.83.